The number of rotatable bonds is 7. The van der Waals surface area contributed by atoms with E-state index in [-0.39, 0.29) is 23.0 Å². The van der Waals surface area contributed by atoms with Gasteiger partial charge in [0.15, 0.2) is 8.32 Å². The fraction of sp³-hybridized carbons (Fsp3) is 0.950. The second-order valence-electron chi connectivity index (χ2n) is 9.86. The van der Waals surface area contributed by atoms with E-state index in [0.29, 0.717) is 11.7 Å². The summed E-state index contributed by atoms with van der Waals surface area (Å²) in [7, 11) is -1.53. The van der Waals surface area contributed by atoms with E-state index in [1.165, 1.54) is 6.42 Å². The van der Waals surface area contributed by atoms with Crippen LogP contribution in [0.4, 0.5) is 0 Å². The maximum absolute atomic E-state index is 12.3. The van der Waals surface area contributed by atoms with Crippen LogP contribution in [0.3, 0.4) is 0 Å². The van der Waals surface area contributed by atoms with E-state index in [2.05, 4.69) is 47.3 Å². The number of ether oxygens (including phenoxy) is 1. The Hall–Kier alpha value is -0.193. The Labute approximate surface area is 150 Å². The molecular weight excluding hydrogens is 316 g/mol. The van der Waals surface area contributed by atoms with E-state index in [1.54, 1.807) is 0 Å². The van der Waals surface area contributed by atoms with E-state index in [1.807, 2.05) is 0 Å². The van der Waals surface area contributed by atoms with Crippen LogP contribution in [-0.4, -0.2) is 32.4 Å². The van der Waals surface area contributed by atoms with Crippen molar-refractivity contribution in [1.82, 2.24) is 0 Å². The van der Waals surface area contributed by atoms with Crippen molar-refractivity contribution in [1.29, 1.82) is 0 Å². The van der Waals surface area contributed by atoms with Gasteiger partial charge in [-0.2, -0.15) is 0 Å². The molecule has 0 amide bonds. The van der Waals surface area contributed by atoms with E-state index < -0.39 is 8.32 Å². The first kappa shape index (κ1) is 20.1. The molecule has 140 valence electrons. The summed E-state index contributed by atoms with van der Waals surface area (Å²) in [5, 5.41) is 0. The van der Waals surface area contributed by atoms with E-state index in [4.69, 9.17) is 9.16 Å². The monoisotopic (exact) mass is 354 g/mol. The quantitative estimate of drug-likeness (QED) is 0.590. The lowest BCUT2D eigenvalue weighted by Gasteiger charge is -2.42. The van der Waals surface area contributed by atoms with Crippen molar-refractivity contribution in [3.8, 4) is 0 Å². The highest BCUT2D eigenvalue weighted by Crippen LogP contribution is 2.55. The Bertz CT molecular complexity index is 454. The first-order valence-corrected chi connectivity index (χ1v) is 13.2. The van der Waals surface area contributed by atoms with Crippen LogP contribution in [0.1, 0.15) is 66.2 Å². The Morgan fingerprint density at radius 2 is 1.96 bits per heavy atom. The number of ketones is 1. The molecule has 4 heteroatoms. The molecule has 0 N–H and O–H groups in total. The molecule has 2 unspecified atom stereocenters. The third-order valence-electron chi connectivity index (χ3n) is 6.17. The molecule has 2 fully saturated rings. The lowest BCUT2D eigenvalue weighted by atomic mass is 9.64. The zero-order valence-electron chi connectivity index (χ0n) is 16.9. The molecular formula is C20H38O3Si. The summed E-state index contributed by atoms with van der Waals surface area (Å²) in [4.78, 5) is 12.3. The summed E-state index contributed by atoms with van der Waals surface area (Å²) >= 11 is 0. The maximum Gasteiger partial charge on any atom is 0.184 e. The highest BCUT2D eigenvalue weighted by Gasteiger charge is 2.52. The molecule has 2 aliphatic carbocycles. The van der Waals surface area contributed by atoms with Crippen molar-refractivity contribution in [2.75, 3.05) is 6.61 Å². The number of Topliss-reactive ketones (excluding diaryl/α,β-unsaturated/α-hetero) is 1. The molecule has 3 nitrogen and oxygen atoms in total. The van der Waals surface area contributed by atoms with Crippen molar-refractivity contribution < 1.29 is 14.0 Å². The van der Waals surface area contributed by atoms with Crippen LogP contribution < -0.4 is 0 Å². The van der Waals surface area contributed by atoms with Crippen LogP contribution in [-0.2, 0) is 14.0 Å². The number of carbonyl (C=O) groups excluding carboxylic acids is 1. The molecule has 0 radical (unpaired) electrons. The third kappa shape index (κ3) is 4.70. The van der Waals surface area contributed by atoms with Gasteiger partial charge >= 0.3 is 0 Å². The average Bonchev–Trinajstić information content (AvgIpc) is 2.74. The minimum Gasteiger partial charge on any atom is -0.413 e. The Balaban J connectivity index is 1.87. The largest absolute Gasteiger partial charge is 0.413 e. The summed E-state index contributed by atoms with van der Waals surface area (Å²) in [5.41, 5.74) is 0.0478. The second-order valence-corrected chi connectivity index (χ2v) is 14.3. The predicted octanol–water partition coefficient (Wildman–Crippen LogP) is 5.20. The number of hydrogen-bond donors (Lipinski definition) is 0. The molecule has 0 aliphatic heterocycles. The summed E-state index contributed by atoms with van der Waals surface area (Å²) in [5.74, 6) is 1.31. The van der Waals surface area contributed by atoms with Gasteiger partial charge in [-0.3, -0.25) is 4.79 Å². The minimum atomic E-state index is -1.53. The third-order valence-corrected chi connectivity index (χ3v) is 7.34. The van der Waals surface area contributed by atoms with Crippen LogP contribution in [0.25, 0.3) is 0 Å². The molecule has 0 spiro atoms. The minimum absolute atomic E-state index is 0.118. The van der Waals surface area contributed by atoms with E-state index >= 15 is 0 Å². The fourth-order valence-electron chi connectivity index (χ4n) is 5.23. The van der Waals surface area contributed by atoms with Crippen LogP contribution >= 0.6 is 0 Å². The molecule has 0 bridgehead atoms. The molecule has 0 aromatic carbocycles. The van der Waals surface area contributed by atoms with E-state index in [9.17, 15) is 4.79 Å². The van der Waals surface area contributed by atoms with E-state index in [0.717, 1.165) is 38.7 Å². The molecule has 2 saturated carbocycles. The molecule has 0 heterocycles. The van der Waals surface area contributed by atoms with Gasteiger partial charge in [0.2, 0.25) is 0 Å². The first-order valence-electron chi connectivity index (χ1n) is 9.79. The number of fused-ring (bicyclic) bond motifs is 1. The second kappa shape index (κ2) is 7.20. The normalized spacial score (nSPS) is 32.7. The molecule has 24 heavy (non-hydrogen) atoms. The van der Waals surface area contributed by atoms with Crippen molar-refractivity contribution in [2.24, 2.45) is 17.3 Å². The maximum atomic E-state index is 12.3. The van der Waals surface area contributed by atoms with Gasteiger partial charge in [0.05, 0.1) is 11.7 Å². The van der Waals surface area contributed by atoms with Gasteiger partial charge in [-0.05, 0) is 83.8 Å². The van der Waals surface area contributed by atoms with Gasteiger partial charge in [-0.25, -0.2) is 0 Å². The highest BCUT2D eigenvalue weighted by atomic mass is 28.4. The van der Waals surface area contributed by atoms with Gasteiger partial charge in [0.1, 0.15) is 5.78 Å². The summed E-state index contributed by atoms with van der Waals surface area (Å²) < 4.78 is 12.5. The summed E-state index contributed by atoms with van der Waals surface area (Å²) in [6.07, 6.45) is 6.41. The zero-order chi connectivity index (χ0) is 18.2. The van der Waals surface area contributed by atoms with Gasteiger partial charge < -0.3 is 9.16 Å². The van der Waals surface area contributed by atoms with Crippen LogP contribution in [0.2, 0.25) is 19.6 Å². The van der Waals surface area contributed by atoms with Gasteiger partial charge in [0.25, 0.3) is 0 Å². The van der Waals surface area contributed by atoms with Crippen LogP contribution in [0.15, 0.2) is 0 Å². The van der Waals surface area contributed by atoms with Gasteiger partial charge in [-0.15, -0.1) is 0 Å². The summed E-state index contributed by atoms with van der Waals surface area (Å²) in [6, 6.07) is 0. The lowest BCUT2D eigenvalue weighted by molar-refractivity contribution is -0.131. The topological polar surface area (TPSA) is 35.5 Å². The molecule has 0 aromatic rings. The van der Waals surface area contributed by atoms with Crippen molar-refractivity contribution in [3.63, 3.8) is 0 Å². The first-order chi connectivity index (χ1) is 10.9. The van der Waals surface area contributed by atoms with Crippen molar-refractivity contribution in [3.05, 3.63) is 0 Å². The van der Waals surface area contributed by atoms with Crippen molar-refractivity contribution in [2.45, 2.75) is 97.6 Å². The molecule has 2 rings (SSSR count). The standard InChI is InChI=1S/C20H38O3Si/c1-15(22-14-13-19(2,3)23-24(5,6)7)16-10-11-17-18(21)9-8-12-20(16,17)4/h15-17H,8-14H2,1-7H3/t15?,16-,17?,20-/m1/s1. The predicted molar refractivity (Wildman–Crippen MR) is 102 cm³/mol. The van der Waals surface area contributed by atoms with Crippen LogP contribution in [0.5, 0.6) is 0 Å². The lowest BCUT2D eigenvalue weighted by Crippen LogP contribution is -2.42. The smallest absolute Gasteiger partial charge is 0.184 e. The Morgan fingerprint density at radius 1 is 1.29 bits per heavy atom. The summed E-state index contributed by atoms with van der Waals surface area (Å²) in [6.45, 7) is 16.3. The molecule has 4 atom stereocenters. The average molecular weight is 355 g/mol. The number of hydrogen-bond acceptors (Lipinski definition) is 3. The van der Waals surface area contributed by atoms with Gasteiger partial charge in [-0.1, -0.05) is 6.92 Å². The Kier molecular flexibility index (Phi) is 6.04. The van der Waals surface area contributed by atoms with Crippen LogP contribution in [0, 0.1) is 17.3 Å². The van der Waals surface area contributed by atoms with Gasteiger partial charge in [0, 0.05) is 18.9 Å². The Morgan fingerprint density at radius 3 is 2.58 bits per heavy atom. The number of carbonyl (C=O) groups is 1. The highest BCUT2D eigenvalue weighted by molar-refractivity contribution is 6.69. The van der Waals surface area contributed by atoms with Crippen molar-refractivity contribution >= 4 is 14.1 Å². The molecule has 0 aromatic heterocycles. The zero-order valence-corrected chi connectivity index (χ0v) is 17.9. The fourth-order valence-corrected chi connectivity index (χ4v) is 6.99. The molecule has 0 saturated heterocycles. The molecule has 2 aliphatic rings. The SMILES string of the molecule is CC(OCCC(C)(C)O[Si](C)(C)C)[C@H]1CCC2C(=O)CCC[C@@]21C.